The smallest absolute Gasteiger partial charge is 0.251 e. The van der Waals surface area contributed by atoms with Crippen LogP contribution >= 0.6 is 0 Å². The third-order valence-corrected chi connectivity index (χ3v) is 4.32. The lowest BCUT2D eigenvalue weighted by atomic mass is 9.89. The van der Waals surface area contributed by atoms with Crippen LogP contribution in [0.25, 0.3) is 0 Å². The number of rotatable bonds is 12. The maximum absolute atomic E-state index is 12.1. The summed E-state index contributed by atoms with van der Waals surface area (Å²) in [5.41, 5.74) is 4.48. The largest absolute Gasteiger partial charge is 0.390 e. The molecule has 8 nitrogen and oxygen atoms in total. The number of hydrogen-bond acceptors (Lipinski definition) is 6. The van der Waals surface area contributed by atoms with Crippen LogP contribution in [0.5, 0.6) is 0 Å². The van der Waals surface area contributed by atoms with Crippen molar-refractivity contribution in [2.45, 2.75) is 97.2 Å². The van der Waals surface area contributed by atoms with Crippen molar-refractivity contribution in [1.29, 1.82) is 0 Å². The molecule has 0 saturated heterocycles. The number of nitrogens with one attached hydrogen (secondary N) is 1. The summed E-state index contributed by atoms with van der Waals surface area (Å²) in [6.45, 7) is 12.6. The lowest BCUT2D eigenvalue weighted by Gasteiger charge is -2.29. The van der Waals surface area contributed by atoms with Gasteiger partial charge in [-0.25, -0.2) is 0 Å². The molecule has 6 N–H and O–H groups in total. The molecule has 0 aliphatic heterocycles. The van der Waals surface area contributed by atoms with Gasteiger partial charge in [0.15, 0.2) is 6.10 Å². The minimum Gasteiger partial charge on any atom is -0.390 e. The molecule has 0 aromatic heterocycles. The molecule has 0 aliphatic rings. The first-order valence-electron chi connectivity index (χ1n) is 9.42. The number of nitrogens with two attached hydrogens (primary N) is 1. The maximum atomic E-state index is 12.1. The highest BCUT2D eigenvalue weighted by Gasteiger charge is 2.31. The van der Waals surface area contributed by atoms with E-state index in [-0.39, 0.29) is 11.5 Å². The van der Waals surface area contributed by atoms with Crippen LogP contribution in [0.15, 0.2) is 0 Å². The van der Waals surface area contributed by atoms with Gasteiger partial charge < -0.3 is 31.1 Å². The Kier molecular flexibility index (Phi) is 10.5. The zero-order valence-electron chi connectivity index (χ0n) is 17.5. The molecule has 0 aromatic rings. The summed E-state index contributed by atoms with van der Waals surface area (Å²) in [5, 5.41) is 31.6. The van der Waals surface area contributed by atoms with Gasteiger partial charge in [-0.2, -0.15) is 0 Å². The average Bonchev–Trinajstić information content (AvgIpc) is 2.50. The number of ether oxygens (including phenoxy) is 1. The second-order valence-corrected chi connectivity index (χ2v) is 9.07. The minimum atomic E-state index is -1.77. The van der Waals surface area contributed by atoms with Crippen LogP contribution in [0, 0.1) is 5.41 Å². The summed E-state index contributed by atoms with van der Waals surface area (Å²) in [4.78, 5) is 22.9. The second-order valence-electron chi connectivity index (χ2n) is 9.07. The molecule has 8 heteroatoms. The molecule has 0 saturated carbocycles. The Morgan fingerprint density at radius 3 is 2.11 bits per heavy atom. The van der Waals surface area contributed by atoms with Crippen molar-refractivity contribution in [3.05, 3.63) is 0 Å². The molecule has 4 unspecified atom stereocenters. The van der Waals surface area contributed by atoms with E-state index in [4.69, 9.17) is 10.5 Å². The molecule has 0 rings (SSSR count). The van der Waals surface area contributed by atoms with E-state index >= 15 is 0 Å². The van der Waals surface area contributed by atoms with E-state index < -0.39 is 42.1 Å². The summed E-state index contributed by atoms with van der Waals surface area (Å²) in [6.07, 6.45) is -2.89. The summed E-state index contributed by atoms with van der Waals surface area (Å²) in [7, 11) is 0. The van der Waals surface area contributed by atoms with Crippen molar-refractivity contribution in [1.82, 2.24) is 5.32 Å². The summed E-state index contributed by atoms with van der Waals surface area (Å²) >= 11 is 0. The van der Waals surface area contributed by atoms with Gasteiger partial charge in [0.05, 0.1) is 12.2 Å². The quantitative estimate of drug-likeness (QED) is 0.328. The van der Waals surface area contributed by atoms with Crippen molar-refractivity contribution in [2.75, 3.05) is 6.61 Å². The molecule has 0 radical (unpaired) electrons. The Hall–Kier alpha value is -1.22. The van der Waals surface area contributed by atoms with Crippen LogP contribution in [0.1, 0.15) is 67.2 Å². The Bertz CT molecular complexity index is 475. The lowest BCUT2D eigenvalue weighted by Crippen LogP contribution is -2.52. The van der Waals surface area contributed by atoms with Crippen molar-refractivity contribution in [3.63, 3.8) is 0 Å². The van der Waals surface area contributed by atoms with Crippen LogP contribution < -0.4 is 11.1 Å². The van der Waals surface area contributed by atoms with Crippen LogP contribution in [0.4, 0.5) is 0 Å². The second kappa shape index (κ2) is 10.9. The van der Waals surface area contributed by atoms with Crippen molar-refractivity contribution >= 4 is 11.8 Å². The van der Waals surface area contributed by atoms with E-state index in [2.05, 4.69) is 26.1 Å². The average molecular weight is 391 g/mol. The number of carbonyl (C=O) groups excluding carboxylic acids is 2. The number of carbonyl (C=O) groups is 2. The molecule has 0 aliphatic carbocycles. The first-order chi connectivity index (χ1) is 12.1. The van der Waals surface area contributed by atoms with E-state index in [1.54, 1.807) is 13.8 Å². The molecule has 160 valence electrons. The van der Waals surface area contributed by atoms with Gasteiger partial charge in [0.1, 0.15) is 6.10 Å². The third kappa shape index (κ3) is 12.0. The summed E-state index contributed by atoms with van der Waals surface area (Å²) < 4.78 is 5.79. The molecule has 0 spiro atoms. The van der Waals surface area contributed by atoms with Crippen LogP contribution in [-0.4, -0.2) is 63.7 Å². The fraction of sp³-hybridized carbons (Fsp3) is 0.895. The highest BCUT2D eigenvalue weighted by molar-refractivity contribution is 5.82. The molecule has 0 bridgehead atoms. The normalized spacial score (nSPS) is 17.1. The summed E-state index contributed by atoms with van der Waals surface area (Å²) in [5.74, 6) is -1.82. The SMILES string of the molecule is CC(CCC(C)(C)C)OCCC(C)(C)NC(=O)C(O)C(O)CC(O)C(N)=O. The first kappa shape index (κ1) is 25.8. The van der Waals surface area contributed by atoms with Crippen LogP contribution in [0.3, 0.4) is 0 Å². The molecule has 0 aromatic carbocycles. The predicted molar refractivity (Wildman–Crippen MR) is 103 cm³/mol. The molecule has 4 atom stereocenters. The molecule has 0 fully saturated rings. The van der Waals surface area contributed by atoms with E-state index in [9.17, 15) is 24.9 Å². The minimum absolute atomic E-state index is 0.110. The Labute approximate surface area is 162 Å². The van der Waals surface area contributed by atoms with Crippen molar-refractivity contribution in [3.8, 4) is 0 Å². The van der Waals surface area contributed by atoms with Gasteiger partial charge in [0.25, 0.3) is 5.91 Å². The van der Waals surface area contributed by atoms with Crippen LogP contribution in [-0.2, 0) is 14.3 Å². The monoisotopic (exact) mass is 390 g/mol. The van der Waals surface area contributed by atoms with Crippen molar-refractivity contribution in [2.24, 2.45) is 11.1 Å². The standard InChI is InChI=1S/C19H38N2O6/c1-12(7-8-18(2,3)4)27-10-9-19(5,6)21-17(26)15(24)13(22)11-14(23)16(20)25/h12-15,22-24H,7-11H2,1-6H3,(H2,20,25)(H,21,26). The van der Waals surface area contributed by atoms with Gasteiger partial charge in [0, 0.05) is 18.6 Å². The van der Waals surface area contributed by atoms with Gasteiger partial charge in [-0.05, 0) is 45.4 Å². The highest BCUT2D eigenvalue weighted by Crippen LogP contribution is 2.22. The fourth-order valence-corrected chi connectivity index (χ4v) is 2.35. The third-order valence-electron chi connectivity index (χ3n) is 4.32. The van der Waals surface area contributed by atoms with Gasteiger partial charge >= 0.3 is 0 Å². The van der Waals surface area contributed by atoms with E-state index in [0.717, 1.165) is 12.8 Å². The van der Waals surface area contributed by atoms with Crippen molar-refractivity contribution < 1.29 is 29.6 Å². The number of primary amides is 1. The summed E-state index contributed by atoms with van der Waals surface area (Å²) in [6, 6.07) is 0. The molecule has 0 heterocycles. The maximum Gasteiger partial charge on any atom is 0.251 e. The molecule has 2 amide bonds. The van der Waals surface area contributed by atoms with Crippen LogP contribution in [0.2, 0.25) is 0 Å². The van der Waals surface area contributed by atoms with Gasteiger partial charge in [-0.1, -0.05) is 20.8 Å². The lowest BCUT2D eigenvalue weighted by molar-refractivity contribution is -0.140. The first-order valence-corrected chi connectivity index (χ1v) is 9.42. The number of amides is 2. The van der Waals surface area contributed by atoms with E-state index in [1.165, 1.54) is 0 Å². The van der Waals surface area contributed by atoms with Gasteiger partial charge in [0.2, 0.25) is 5.91 Å². The van der Waals surface area contributed by atoms with E-state index in [0.29, 0.717) is 13.0 Å². The van der Waals surface area contributed by atoms with Gasteiger partial charge in [-0.3, -0.25) is 9.59 Å². The topological polar surface area (TPSA) is 142 Å². The fourth-order valence-electron chi connectivity index (χ4n) is 2.35. The Morgan fingerprint density at radius 1 is 1.07 bits per heavy atom. The zero-order chi connectivity index (χ0) is 21.4. The predicted octanol–water partition coefficient (Wildman–Crippen LogP) is 0.461. The number of aliphatic hydroxyl groups is 3. The molecular formula is C19H38N2O6. The van der Waals surface area contributed by atoms with Gasteiger partial charge in [-0.15, -0.1) is 0 Å². The number of aliphatic hydroxyl groups excluding tert-OH is 3. The number of hydrogen-bond donors (Lipinski definition) is 5. The highest BCUT2D eigenvalue weighted by atomic mass is 16.5. The zero-order valence-corrected chi connectivity index (χ0v) is 17.5. The Morgan fingerprint density at radius 2 is 1.63 bits per heavy atom. The molecule has 27 heavy (non-hydrogen) atoms. The Balaban J connectivity index is 4.36. The van der Waals surface area contributed by atoms with E-state index in [1.807, 2.05) is 6.92 Å². The molecular weight excluding hydrogens is 352 g/mol.